The van der Waals surface area contributed by atoms with Crippen LogP contribution in [0.4, 0.5) is 0 Å². The molecule has 0 aromatic rings. The van der Waals surface area contributed by atoms with E-state index in [2.05, 4.69) is 10.7 Å². The van der Waals surface area contributed by atoms with Gasteiger partial charge in [0, 0.05) is 0 Å². The van der Waals surface area contributed by atoms with Gasteiger partial charge in [-0.25, -0.2) is 10.1 Å². The lowest BCUT2D eigenvalue weighted by Gasteiger charge is -2.36. The van der Waals surface area contributed by atoms with E-state index < -0.39 is 5.03 Å². The van der Waals surface area contributed by atoms with Gasteiger partial charge in [-0.2, -0.15) is 0 Å². The third-order valence-corrected chi connectivity index (χ3v) is 1.69. The Bertz CT molecular complexity index is 175. The molecule has 1 aliphatic rings. The molecule has 1 heterocycles. The lowest BCUT2D eigenvalue weighted by molar-refractivity contribution is -0.558. The summed E-state index contributed by atoms with van der Waals surface area (Å²) in [5.74, 6) is 0. The van der Waals surface area contributed by atoms with Crippen molar-refractivity contribution >= 4 is 0 Å². The normalized spacial score (nSPS) is 27.0. The molecule has 2 N–H and O–H groups in total. The van der Waals surface area contributed by atoms with Crippen molar-refractivity contribution in [3.05, 3.63) is 10.1 Å². The Balaban J connectivity index is 2.39. The second-order valence-corrected chi connectivity index (χ2v) is 2.91. The van der Waals surface area contributed by atoms with E-state index in [9.17, 15) is 10.1 Å². The highest BCUT2D eigenvalue weighted by molar-refractivity contribution is 4.65. The summed E-state index contributed by atoms with van der Waals surface area (Å²) in [5.41, 5.74) is 2.16. The van der Waals surface area contributed by atoms with Gasteiger partial charge in [-0.15, -0.1) is 5.43 Å². The van der Waals surface area contributed by atoms with Gasteiger partial charge in [0.2, 0.25) is 0 Å². The van der Waals surface area contributed by atoms with Crippen LogP contribution in [0, 0.1) is 10.1 Å². The molecule has 12 heavy (non-hydrogen) atoms. The lowest BCUT2D eigenvalue weighted by atomic mass is 10.5. The van der Waals surface area contributed by atoms with E-state index in [0.29, 0.717) is 13.3 Å². The topological polar surface area (TPSA) is 73.7 Å². The van der Waals surface area contributed by atoms with Crippen LogP contribution < -0.4 is 10.7 Å². The van der Waals surface area contributed by atoms with Crippen molar-refractivity contribution in [2.45, 2.75) is 6.29 Å². The summed E-state index contributed by atoms with van der Waals surface area (Å²) in [7, 11) is 3.75. The van der Waals surface area contributed by atoms with E-state index in [-0.39, 0.29) is 6.29 Å². The number of nitrogens with zero attached hydrogens (tertiary/aromatic N) is 3. The number of hydrogen-bond acceptors (Lipinski definition) is 5. The molecule has 7 heteroatoms. The number of nitrogens with one attached hydrogen (secondary N) is 2. The smallest absolute Gasteiger partial charge is 0.194 e. The predicted molar refractivity (Wildman–Crippen MR) is 42.3 cm³/mol. The van der Waals surface area contributed by atoms with Gasteiger partial charge in [0.05, 0.1) is 13.3 Å². The van der Waals surface area contributed by atoms with Crippen molar-refractivity contribution in [2.24, 2.45) is 0 Å². The van der Waals surface area contributed by atoms with Gasteiger partial charge in [0.15, 0.2) is 11.3 Å². The second kappa shape index (κ2) is 3.65. The first kappa shape index (κ1) is 9.17. The molecule has 1 aliphatic heterocycles. The number of hydrogen-bond donors (Lipinski definition) is 2. The van der Waals surface area contributed by atoms with Crippen LogP contribution >= 0.6 is 0 Å². The Labute approximate surface area is 70.4 Å². The molecular weight excluding hydrogens is 162 g/mol. The number of nitro groups is 1. The Hall–Kier alpha value is -0.920. The van der Waals surface area contributed by atoms with Gasteiger partial charge in [0.25, 0.3) is 0 Å². The van der Waals surface area contributed by atoms with Crippen molar-refractivity contribution < 1.29 is 5.03 Å². The van der Waals surface area contributed by atoms with Gasteiger partial charge >= 0.3 is 0 Å². The summed E-state index contributed by atoms with van der Waals surface area (Å²) in [4.78, 5) is 13.9. The van der Waals surface area contributed by atoms with Gasteiger partial charge in [0.1, 0.15) is 0 Å². The molecule has 1 saturated heterocycles. The molecule has 1 atom stereocenters. The van der Waals surface area contributed by atoms with Crippen LogP contribution in [0.1, 0.15) is 0 Å². The molecule has 1 fully saturated rings. The van der Waals surface area contributed by atoms with Gasteiger partial charge in [-0.3, -0.25) is 15.1 Å². The summed E-state index contributed by atoms with van der Waals surface area (Å²) in [5, 5.41) is 12.5. The maximum atomic E-state index is 10.1. The largest absolute Gasteiger partial charge is 0.281 e. The van der Waals surface area contributed by atoms with E-state index in [1.165, 1.54) is 0 Å². The monoisotopic (exact) mass is 175 g/mol. The van der Waals surface area contributed by atoms with Gasteiger partial charge in [-0.05, 0) is 14.1 Å². The Morgan fingerprint density at radius 2 is 2.33 bits per heavy atom. The molecule has 1 rings (SSSR count). The van der Waals surface area contributed by atoms with Crippen molar-refractivity contribution in [1.29, 1.82) is 0 Å². The van der Waals surface area contributed by atoms with Crippen LogP contribution in [-0.4, -0.2) is 48.6 Å². The van der Waals surface area contributed by atoms with Gasteiger partial charge < -0.3 is 0 Å². The van der Waals surface area contributed by atoms with Crippen LogP contribution in [0.25, 0.3) is 0 Å². The quantitative estimate of drug-likeness (QED) is 0.390. The maximum Gasteiger partial charge on any atom is 0.194 e. The molecular formula is C5H13N5O2. The Morgan fingerprint density at radius 3 is 2.83 bits per heavy atom. The molecule has 0 bridgehead atoms. The summed E-state index contributed by atoms with van der Waals surface area (Å²) in [6, 6.07) is 0. The van der Waals surface area contributed by atoms with E-state index in [1.807, 2.05) is 23.9 Å². The standard InChI is InChI=1S/C5H13N5O2/c1-8-3-6-5(7-10(11)12)9(2)4-8/h5-7H,3-4H2,1-2H3. The average molecular weight is 175 g/mol. The minimum Gasteiger partial charge on any atom is -0.281 e. The van der Waals surface area contributed by atoms with E-state index in [4.69, 9.17) is 0 Å². The fraction of sp³-hybridized carbons (Fsp3) is 1.00. The molecule has 0 aliphatic carbocycles. The van der Waals surface area contributed by atoms with E-state index in [0.717, 1.165) is 0 Å². The van der Waals surface area contributed by atoms with Crippen molar-refractivity contribution in [1.82, 2.24) is 20.5 Å². The number of hydrazine groups is 1. The molecule has 0 amide bonds. The Morgan fingerprint density at radius 1 is 1.67 bits per heavy atom. The summed E-state index contributed by atoms with van der Waals surface area (Å²) in [6.07, 6.45) is -0.379. The fourth-order valence-electron chi connectivity index (χ4n) is 1.15. The lowest BCUT2D eigenvalue weighted by Crippen LogP contribution is -2.63. The third kappa shape index (κ3) is 2.29. The van der Waals surface area contributed by atoms with Gasteiger partial charge in [-0.1, -0.05) is 0 Å². The molecule has 0 spiro atoms. The Kier molecular flexibility index (Phi) is 2.79. The first-order chi connectivity index (χ1) is 5.59. The fourth-order valence-corrected chi connectivity index (χ4v) is 1.15. The van der Waals surface area contributed by atoms with Crippen LogP contribution in [0.5, 0.6) is 0 Å². The zero-order valence-corrected chi connectivity index (χ0v) is 7.15. The zero-order chi connectivity index (χ0) is 9.14. The highest BCUT2D eigenvalue weighted by atomic mass is 16.7. The zero-order valence-electron chi connectivity index (χ0n) is 7.15. The maximum absolute atomic E-state index is 10.1. The number of rotatable bonds is 2. The molecule has 7 nitrogen and oxygen atoms in total. The molecule has 0 aromatic heterocycles. The highest BCUT2D eigenvalue weighted by Gasteiger charge is 2.23. The molecule has 70 valence electrons. The van der Waals surface area contributed by atoms with Crippen molar-refractivity contribution in [2.75, 3.05) is 27.4 Å². The first-order valence-corrected chi connectivity index (χ1v) is 3.62. The summed E-state index contributed by atoms with van der Waals surface area (Å²) >= 11 is 0. The molecule has 0 saturated carbocycles. The minimum absolute atomic E-state index is 0.379. The summed E-state index contributed by atoms with van der Waals surface area (Å²) < 4.78 is 0. The second-order valence-electron chi connectivity index (χ2n) is 2.91. The van der Waals surface area contributed by atoms with Crippen LogP contribution in [0.15, 0.2) is 0 Å². The van der Waals surface area contributed by atoms with Crippen LogP contribution in [0.3, 0.4) is 0 Å². The molecule has 0 radical (unpaired) electrons. The predicted octanol–water partition coefficient (Wildman–Crippen LogP) is -1.57. The van der Waals surface area contributed by atoms with E-state index in [1.54, 1.807) is 0 Å². The SMILES string of the molecule is CN1CNC(N[N+](=O)[O-])N(C)C1. The first-order valence-electron chi connectivity index (χ1n) is 3.62. The van der Waals surface area contributed by atoms with Crippen molar-refractivity contribution in [3.8, 4) is 0 Å². The van der Waals surface area contributed by atoms with Crippen molar-refractivity contribution in [3.63, 3.8) is 0 Å². The van der Waals surface area contributed by atoms with E-state index >= 15 is 0 Å². The third-order valence-electron chi connectivity index (χ3n) is 1.69. The van der Waals surface area contributed by atoms with Crippen LogP contribution in [-0.2, 0) is 0 Å². The minimum atomic E-state index is -0.542. The molecule has 1 unspecified atom stereocenters. The highest BCUT2D eigenvalue weighted by Crippen LogP contribution is 1.97. The van der Waals surface area contributed by atoms with Crippen LogP contribution in [0.2, 0.25) is 0 Å². The summed E-state index contributed by atoms with van der Waals surface area (Å²) in [6.45, 7) is 1.36. The average Bonchev–Trinajstić information content (AvgIpc) is 1.94. The molecule has 0 aromatic carbocycles.